The minimum absolute atomic E-state index is 0.0338. The molecule has 30 heavy (non-hydrogen) atoms. The molecule has 1 saturated heterocycles. The van der Waals surface area contributed by atoms with E-state index in [0.29, 0.717) is 0 Å². The van der Waals surface area contributed by atoms with Crippen molar-refractivity contribution >= 4 is 5.69 Å². The molecule has 4 atom stereocenters. The third-order valence-corrected chi connectivity index (χ3v) is 6.29. The molecule has 0 bridgehead atoms. The predicted octanol–water partition coefficient (Wildman–Crippen LogP) is 6.35. The number of halogens is 2. The number of hydrogen-bond acceptors (Lipinski definition) is 2. The number of nitrogens with zero attached hydrogens (tertiary/aromatic N) is 1. The first kappa shape index (κ1) is 20.5. The first-order valence-electron chi connectivity index (χ1n) is 10.5. The largest absolute Gasteiger partial charge is 0.373 e. The predicted molar refractivity (Wildman–Crippen MR) is 116 cm³/mol. The molecule has 0 aliphatic carbocycles. The van der Waals surface area contributed by atoms with E-state index in [-0.39, 0.29) is 29.5 Å². The Morgan fingerprint density at radius 1 is 0.867 bits per heavy atom. The first-order chi connectivity index (χ1) is 14.4. The lowest BCUT2D eigenvalue weighted by atomic mass is 9.76. The lowest BCUT2D eigenvalue weighted by molar-refractivity contribution is -0.000955. The summed E-state index contributed by atoms with van der Waals surface area (Å²) in [5.74, 6) is -0.169. The van der Waals surface area contributed by atoms with Crippen LogP contribution in [0.1, 0.15) is 48.4 Å². The number of rotatable bonds is 6. The Morgan fingerprint density at radius 2 is 1.43 bits per heavy atom. The Balaban J connectivity index is 1.54. The lowest BCUT2D eigenvalue weighted by Gasteiger charge is -2.54. The Hall–Kier alpha value is -2.72. The molecular weight excluding hydrogens is 380 g/mol. The Labute approximate surface area is 176 Å². The van der Waals surface area contributed by atoms with Crippen LogP contribution in [0.15, 0.2) is 72.8 Å². The molecule has 1 heterocycles. The summed E-state index contributed by atoms with van der Waals surface area (Å²) in [5, 5.41) is 11.0. The quantitative estimate of drug-likeness (QED) is 0.514. The van der Waals surface area contributed by atoms with Crippen molar-refractivity contribution in [2.75, 3.05) is 4.90 Å². The van der Waals surface area contributed by atoms with E-state index in [1.165, 1.54) is 29.8 Å². The van der Waals surface area contributed by atoms with Crippen LogP contribution in [0, 0.1) is 24.5 Å². The van der Waals surface area contributed by atoms with Crippen molar-refractivity contribution in [1.29, 1.82) is 0 Å². The van der Waals surface area contributed by atoms with Crippen LogP contribution >= 0.6 is 0 Å². The molecule has 4 heteroatoms. The van der Waals surface area contributed by atoms with Crippen molar-refractivity contribution in [2.24, 2.45) is 5.92 Å². The van der Waals surface area contributed by atoms with Gasteiger partial charge in [-0.1, -0.05) is 48.9 Å². The van der Waals surface area contributed by atoms with Gasteiger partial charge in [-0.25, -0.2) is 8.78 Å². The minimum atomic E-state index is -0.623. The van der Waals surface area contributed by atoms with Gasteiger partial charge < -0.3 is 10.0 Å². The fourth-order valence-electron chi connectivity index (χ4n) is 4.44. The normalized spacial score (nSPS) is 21.9. The van der Waals surface area contributed by atoms with E-state index in [1.54, 1.807) is 12.1 Å². The van der Waals surface area contributed by atoms with E-state index in [0.717, 1.165) is 29.7 Å². The van der Waals surface area contributed by atoms with Crippen LogP contribution in [0.5, 0.6) is 0 Å². The van der Waals surface area contributed by atoms with E-state index in [2.05, 4.69) is 38.1 Å². The Kier molecular flexibility index (Phi) is 5.87. The molecule has 1 aliphatic rings. The SMILES string of the molecule is Cc1ccc([C@@H]2[C@@H](CC[C@H](C)c3ccc(F)cc3)[C@H](O)N2c2ccc(F)cc2)cc1. The first-order valence-corrected chi connectivity index (χ1v) is 10.5. The molecule has 0 amide bonds. The van der Waals surface area contributed by atoms with Gasteiger partial charge in [-0.15, -0.1) is 0 Å². The monoisotopic (exact) mass is 407 g/mol. The maximum absolute atomic E-state index is 13.4. The van der Waals surface area contributed by atoms with Gasteiger partial charge in [0.05, 0.1) is 6.04 Å². The van der Waals surface area contributed by atoms with Crippen LogP contribution in [0.3, 0.4) is 0 Å². The highest BCUT2D eigenvalue weighted by Gasteiger charge is 2.48. The second-order valence-electron chi connectivity index (χ2n) is 8.35. The molecule has 0 aromatic heterocycles. The summed E-state index contributed by atoms with van der Waals surface area (Å²) >= 11 is 0. The minimum Gasteiger partial charge on any atom is -0.373 e. The van der Waals surface area contributed by atoms with Crippen LogP contribution in [-0.4, -0.2) is 11.3 Å². The molecule has 1 N–H and O–H groups in total. The van der Waals surface area contributed by atoms with Gasteiger partial charge in [0, 0.05) is 11.6 Å². The summed E-state index contributed by atoms with van der Waals surface area (Å²) in [6, 6.07) is 21.4. The Morgan fingerprint density at radius 3 is 2.03 bits per heavy atom. The van der Waals surface area contributed by atoms with Crippen LogP contribution < -0.4 is 4.90 Å². The van der Waals surface area contributed by atoms with Gasteiger partial charge in [0.25, 0.3) is 0 Å². The zero-order chi connectivity index (χ0) is 21.3. The van der Waals surface area contributed by atoms with Crippen molar-refractivity contribution in [3.8, 4) is 0 Å². The maximum Gasteiger partial charge on any atom is 0.132 e. The number of anilines is 1. The number of benzene rings is 3. The number of aliphatic hydroxyl groups is 1. The molecule has 1 fully saturated rings. The molecule has 3 aromatic carbocycles. The maximum atomic E-state index is 13.4. The van der Waals surface area contributed by atoms with Crippen LogP contribution in [0.4, 0.5) is 14.5 Å². The molecule has 4 rings (SSSR count). The zero-order valence-corrected chi connectivity index (χ0v) is 17.3. The van der Waals surface area contributed by atoms with Crippen molar-refractivity contribution < 1.29 is 13.9 Å². The van der Waals surface area contributed by atoms with Crippen LogP contribution in [-0.2, 0) is 0 Å². The van der Waals surface area contributed by atoms with Crippen LogP contribution in [0.2, 0.25) is 0 Å². The zero-order valence-electron chi connectivity index (χ0n) is 17.3. The summed E-state index contributed by atoms with van der Waals surface area (Å²) in [7, 11) is 0. The summed E-state index contributed by atoms with van der Waals surface area (Å²) in [6.45, 7) is 4.19. The second-order valence-corrected chi connectivity index (χ2v) is 8.35. The summed E-state index contributed by atoms with van der Waals surface area (Å²) in [5.41, 5.74) is 4.26. The molecule has 1 aliphatic heterocycles. The average Bonchev–Trinajstić information content (AvgIpc) is 2.74. The highest BCUT2D eigenvalue weighted by molar-refractivity contribution is 5.53. The molecule has 0 radical (unpaired) electrons. The van der Waals surface area contributed by atoms with E-state index < -0.39 is 6.23 Å². The number of aryl methyl sites for hydroxylation is 1. The molecule has 156 valence electrons. The standard InChI is InChI=1S/C26H27F2NO/c1-17-3-6-20(7-4-17)25-24(16-5-18(2)19-8-10-21(27)11-9-19)26(30)29(25)23-14-12-22(28)13-15-23/h3-4,6-15,18,24-26,30H,5,16H2,1-2H3/t18-,24+,25+,26-/m0/s1. The van der Waals surface area contributed by atoms with Gasteiger partial charge in [-0.05, 0) is 73.2 Å². The van der Waals surface area contributed by atoms with Gasteiger partial charge in [0.15, 0.2) is 0 Å². The molecule has 3 aromatic rings. The van der Waals surface area contributed by atoms with Crippen molar-refractivity contribution in [1.82, 2.24) is 0 Å². The number of hydrogen-bond donors (Lipinski definition) is 1. The van der Waals surface area contributed by atoms with E-state index in [9.17, 15) is 13.9 Å². The van der Waals surface area contributed by atoms with E-state index in [1.807, 2.05) is 17.0 Å². The van der Waals surface area contributed by atoms with Gasteiger partial charge in [0.1, 0.15) is 17.9 Å². The highest BCUT2D eigenvalue weighted by Crippen LogP contribution is 2.49. The molecule has 0 unspecified atom stereocenters. The van der Waals surface area contributed by atoms with Crippen molar-refractivity contribution in [3.05, 3.63) is 101 Å². The molecule has 0 spiro atoms. The third-order valence-electron chi connectivity index (χ3n) is 6.29. The Bertz CT molecular complexity index is 969. The van der Waals surface area contributed by atoms with Gasteiger partial charge in [0.2, 0.25) is 0 Å². The van der Waals surface area contributed by atoms with Crippen LogP contribution in [0.25, 0.3) is 0 Å². The summed E-state index contributed by atoms with van der Waals surface area (Å²) in [4.78, 5) is 1.97. The van der Waals surface area contributed by atoms with Gasteiger partial charge in [-0.3, -0.25) is 0 Å². The van der Waals surface area contributed by atoms with E-state index >= 15 is 0 Å². The number of aliphatic hydroxyl groups excluding tert-OH is 1. The molecule has 2 nitrogen and oxygen atoms in total. The van der Waals surface area contributed by atoms with Gasteiger partial charge >= 0.3 is 0 Å². The third kappa shape index (κ3) is 4.10. The highest BCUT2D eigenvalue weighted by atomic mass is 19.1. The fraction of sp³-hybridized carbons (Fsp3) is 0.308. The molecular formula is C26H27F2NO. The van der Waals surface area contributed by atoms with Crippen molar-refractivity contribution in [2.45, 2.75) is 44.9 Å². The second kappa shape index (κ2) is 8.57. The molecule has 0 saturated carbocycles. The van der Waals surface area contributed by atoms with Gasteiger partial charge in [-0.2, -0.15) is 0 Å². The summed E-state index contributed by atoms with van der Waals surface area (Å²) in [6.07, 6.45) is 1.12. The lowest BCUT2D eigenvalue weighted by Crippen LogP contribution is -2.58. The summed E-state index contributed by atoms with van der Waals surface area (Å²) < 4.78 is 26.6. The topological polar surface area (TPSA) is 23.5 Å². The van der Waals surface area contributed by atoms with Crippen molar-refractivity contribution in [3.63, 3.8) is 0 Å². The van der Waals surface area contributed by atoms with E-state index in [4.69, 9.17) is 0 Å². The average molecular weight is 408 g/mol. The smallest absolute Gasteiger partial charge is 0.132 e. The fourth-order valence-corrected chi connectivity index (χ4v) is 4.44.